The predicted octanol–water partition coefficient (Wildman–Crippen LogP) is 3.47. The summed E-state index contributed by atoms with van der Waals surface area (Å²) >= 11 is 1.66. The number of likely N-dealkylation sites (N-methyl/N-ethyl adjacent to an activating group) is 1. The summed E-state index contributed by atoms with van der Waals surface area (Å²) in [5.41, 5.74) is 0.293. The molecule has 6 heteroatoms. The van der Waals surface area contributed by atoms with E-state index >= 15 is 0 Å². The fourth-order valence-electron chi connectivity index (χ4n) is 1.75. The predicted molar refractivity (Wildman–Crippen MR) is 74.3 cm³/mol. The average molecular weight is 280 g/mol. The molecule has 0 aliphatic heterocycles. The zero-order valence-electron chi connectivity index (χ0n) is 10.4. The van der Waals surface area contributed by atoms with Crippen molar-refractivity contribution in [1.29, 1.82) is 0 Å². The lowest BCUT2D eigenvalue weighted by molar-refractivity contribution is -0.385. The highest BCUT2D eigenvalue weighted by Gasteiger charge is 2.12. The van der Waals surface area contributed by atoms with Crippen molar-refractivity contribution in [3.63, 3.8) is 0 Å². The second kappa shape index (κ2) is 5.79. The molecule has 0 atom stereocenters. The lowest BCUT2D eigenvalue weighted by Gasteiger charge is -2.18. The van der Waals surface area contributed by atoms with Crippen molar-refractivity contribution in [3.05, 3.63) is 56.5 Å². The molecule has 0 bridgehead atoms. The molecular weight excluding hydrogens is 267 g/mol. The minimum absolute atomic E-state index is 0.224. The van der Waals surface area contributed by atoms with Crippen LogP contribution in [0, 0.1) is 15.9 Å². The topological polar surface area (TPSA) is 46.4 Å². The first-order valence-corrected chi connectivity index (χ1v) is 6.63. The van der Waals surface area contributed by atoms with Crippen molar-refractivity contribution in [2.24, 2.45) is 0 Å². The minimum Gasteiger partial charge on any atom is -0.374 e. The second-order valence-electron chi connectivity index (χ2n) is 4.18. The summed E-state index contributed by atoms with van der Waals surface area (Å²) in [6, 6.07) is 7.63. The van der Waals surface area contributed by atoms with Gasteiger partial charge in [0.25, 0.3) is 5.69 Å². The van der Waals surface area contributed by atoms with Gasteiger partial charge in [0.2, 0.25) is 0 Å². The smallest absolute Gasteiger partial charge is 0.274 e. The van der Waals surface area contributed by atoms with E-state index < -0.39 is 10.7 Å². The summed E-state index contributed by atoms with van der Waals surface area (Å²) in [5, 5.41) is 12.7. The second-order valence-corrected chi connectivity index (χ2v) is 5.21. The Morgan fingerprint density at radius 3 is 2.84 bits per heavy atom. The van der Waals surface area contributed by atoms with Crippen LogP contribution in [0.1, 0.15) is 4.88 Å². The van der Waals surface area contributed by atoms with Crippen molar-refractivity contribution in [1.82, 2.24) is 0 Å². The van der Waals surface area contributed by atoms with Crippen molar-refractivity contribution >= 4 is 22.7 Å². The Kier molecular flexibility index (Phi) is 4.11. The third-order valence-corrected chi connectivity index (χ3v) is 3.73. The highest BCUT2D eigenvalue weighted by atomic mass is 32.1. The number of non-ortho nitro benzene ring substituents is 1. The van der Waals surface area contributed by atoms with E-state index in [0.717, 1.165) is 12.5 Å². The first-order valence-electron chi connectivity index (χ1n) is 5.75. The van der Waals surface area contributed by atoms with Crippen LogP contribution in [-0.2, 0) is 6.42 Å². The summed E-state index contributed by atoms with van der Waals surface area (Å²) in [6.45, 7) is 0.682. The maximum absolute atomic E-state index is 13.3. The highest BCUT2D eigenvalue weighted by molar-refractivity contribution is 7.09. The van der Waals surface area contributed by atoms with Gasteiger partial charge in [-0.1, -0.05) is 6.07 Å². The number of hydrogen-bond acceptors (Lipinski definition) is 4. The number of hydrogen-bond donors (Lipinski definition) is 0. The van der Waals surface area contributed by atoms with Crippen LogP contribution in [0.15, 0.2) is 35.7 Å². The van der Waals surface area contributed by atoms with Crippen LogP contribution in [0.25, 0.3) is 0 Å². The molecule has 0 spiro atoms. The van der Waals surface area contributed by atoms with Gasteiger partial charge >= 0.3 is 0 Å². The van der Waals surface area contributed by atoms with E-state index in [9.17, 15) is 14.5 Å². The number of anilines is 1. The number of nitro groups is 1. The van der Waals surface area contributed by atoms with Gasteiger partial charge in [-0.3, -0.25) is 10.1 Å². The van der Waals surface area contributed by atoms with E-state index in [0.29, 0.717) is 12.2 Å². The lowest BCUT2D eigenvalue weighted by Crippen LogP contribution is -2.20. The number of rotatable bonds is 5. The Hall–Kier alpha value is -1.95. The Labute approximate surface area is 114 Å². The summed E-state index contributed by atoms with van der Waals surface area (Å²) in [5.74, 6) is -0.591. The Balaban J connectivity index is 2.09. The van der Waals surface area contributed by atoms with Gasteiger partial charge < -0.3 is 4.90 Å². The first kappa shape index (κ1) is 13.5. The van der Waals surface area contributed by atoms with E-state index in [4.69, 9.17) is 0 Å². The summed E-state index contributed by atoms with van der Waals surface area (Å²) in [4.78, 5) is 13.2. The molecule has 1 aromatic carbocycles. The van der Waals surface area contributed by atoms with Gasteiger partial charge in [0.05, 0.1) is 11.0 Å². The van der Waals surface area contributed by atoms with Crippen LogP contribution < -0.4 is 4.90 Å². The molecule has 0 saturated carbocycles. The van der Waals surface area contributed by atoms with Crippen LogP contribution in [0.3, 0.4) is 0 Å². The van der Waals surface area contributed by atoms with Gasteiger partial charge in [0, 0.05) is 30.2 Å². The van der Waals surface area contributed by atoms with E-state index in [1.54, 1.807) is 18.4 Å². The van der Waals surface area contributed by atoms with Crippen molar-refractivity contribution in [2.75, 3.05) is 18.5 Å². The third-order valence-electron chi connectivity index (χ3n) is 2.79. The van der Waals surface area contributed by atoms with Crippen LogP contribution in [0.5, 0.6) is 0 Å². The molecule has 0 aliphatic carbocycles. The lowest BCUT2D eigenvalue weighted by atomic mass is 10.2. The fourth-order valence-corrected chi connectivity index (χ4v) is 2.44. The van der Waals surface area contributed by atoms with Crippen LogP contribution in [0.4, 0.5) is 15.8 Å². The third kappa shape index (κ3) is 3.51. The molecule has 0 amide bonds. The largest absolute Gasteiger partial charge is 0.374 e. The Morgan fingerprint density at radius 2 is 2.21 bits per heavy atom. The number of thiophene rings is 1. The molecule has 2 rings (SSSR count). The fraction of sp³-hybridized carbons (Fsp3) is 0.231. The van der Waals surface area contributed by atoms with Crippen molar-refractivity contribution in [3.8, 4) is 0 Å². The normalized spacial score (nSPS) is 10.4. The highest BCUT2D eigenvalue weighted by Crippen LogP contribution is 2.23. The summed E-state index contributed by atoms with van der Waals surface area (Å²) in [6.07, 6.45) is 0.832. The molecule has 1 aromatic heterocycles. The molecule has 2 aromatic rings. The number of halogens is 1. The van der Waals surface area contributed by atoms with E-state index in [-0.39, 0.29) is 5.69 Å². The zero-order valence-corrected chi connectivity index (χ0v) is 11.2. The maximum atomic E-state index is 13.3. The quantitative estimate of drug-likeness (QED) is 0.622. The van der Waals surface area contributed by atoms with Gasteiger partial charge in [-0.05, 0) is 23.9 Å². The van der Waals surface area contributed by atoms with Crippen LogP contribution >= 0.6 is 11.3 Å². The first-order chi connectivity index (χ1) is 9.06. The van der Waals surface area contributed by atoms with Crippen LogP contribution in [-0.4, -0.2) is 18.5 Å². The van der Waals surface area contributed by atoms with Crippen molar-refractivity contribution < 1.29 is 9.31 Å². The molecular formula is C13H13FN2O2S. The molecule has 100 valence electrons. The molecule has 1 heterocycles. The molecule has 4 nitrogen and oxygen atoms in total. The summed E-state index contributed by atoms with van der Waals surface area (Å²) in [7, 11) is 1.80. The van der Waals surface area contributed by atoms with Crippen molar-refractivity contribution in [2.45, 2.75) is 6.42 Å². The Morgan fingerprint density at radius 1 is 1.42 bits per heavy atom. The van der Waals surface area contributed by atoms with E-state index in [1.165, 1.54) is 17.0 Å². The zero-order chi connectivity index (χ0) is 13.8. The maximum Gasteiger partial charge on any atom is 0.274 e. The van der Waals surface area contributed by atoms with E-state index in [2.05, 4.69) is 0 Å². The SMILES string of the molecule is CN(CCc1cccs1)c1cc(F)cc([N+](=O)[O-])c1. The number of nitro benzene ring substituents is 1. The van der Waals surface area contributed by atoms with Gasteiger partial charge in [0.1, 0.15) is 5.82 Å². The van der Waals surface area contributed by atoms with Crippen LogP contribution in [0.2, 0.25) is 0 Å². The van der Waals surface area contributed by atoms with Gasteiger partial charge in [-0.25, -0.2) is 4.39 Å². The monoisotopic (exact) mass is 280 g/mol. The standard InChI is InChI=1S/C13H13FN2O2S/c1-15(5-4-13-3-2-6-19-13)11-7-10(14)8-12(9-11)16(17)18/h2-3,6-9H,4-5H2,1H3. The molecule has 0 unspecified atom stereocenters. The average Bonchev–Trinajstić information content (AvgIpc) is 2.88. The molecule has 0 radical (unpaired) electrons. The molecule has 19 heavy (non-hydrogen) atoms. The van der Waals surface area contributed by atoms with Gasteiger partial charge in [-0.2, -0.15) is 0 Å². The molecule has 0 saturated heterocycles. The minimum atomic E-state index is -0.591. The molecule has 0 fully saturated rings. The summed E-state index contributed by atoms with van der Waals surface area (Å²) < 4.78 is 13.3. The van der Waals surface area contributed by atoms with Gasteiger partial charge in [0.15, 0.2) is 0 Å². The van der Waals surface area contributed by atoms with Gasteiger partial charge in [-0.15, -0.1) is 11.3 Å². The number of benzene rings is 1. The molecule has 0 aliphatic rings. The Bertz CT molecular complexity index is 572. The molecule has 0 N–H and O–H groups in total. The van der Waals surface area contributed by atoms with E-state index in [1.807, 2.05) is 22.4 Å². The number of nitrogens with zero attached hydrogens (tertiary/aromatic N) is 2.